The van der Waals surface area contributed by atoms with Gasteiger partial charge < -0.3 is 14.4 Å². The van der Waals surface area contributed by atoms with Crippen molar-refractivity contribution in [1.82, 2.24) is 4.90 Å². The quantitative estimate of drug-likeness (QED) is 0.840. The Hall–Kier alpha value is -1.84. The lowest BCUT2D eigenvalue weighted by Gasteiger charge is -2.36. The topological polar surface area (TPSA) is 21.7 Å². The van der Waals surface area contributed by atoms with Crippen molar-refractivity contribution < 1.29 is 9.47 Å². The largest absolute Gasteiger partial charge is 0.496 e. The number of likely N-dealkylation sites (N-methyl/N-ethyl adjacent to an activating group) is 1. The monoisotopic (exact) mass is 337 g/mol. The van der Waals surface area contributed by atoms with Crippen LogP contribution >= 0.6 is 0 Å². The number of nitrogens with zero attached hydrogens (tertiary/aromatic N) is 1. The molecule has 1 heterocycles. The lowest BCUT2D eigenvalue weighted by atomic mass is 9.72. The third-order valence-corrected chi connectivity index (χ3v) is 6.16. The first-order valence-electron chi connectivity index (χ1n) is 9.16. The van der Waals surface area contributed by atoms with Gasteiger partial charge >= 0.3 is 0 Å². The van der Waals surface area contributed by atoms with Crippen molar-refractivity contribution in [2.75, 3.05) is 27.8 Å². The molecule has 0 radical (unpaired) electrons. The second kappa shape index (κ2) is 6.81. The predicted molar refractivity (Wildman–Crippen MR) is 100 cm³/mol. The number of hydrogen-bond acceptors (Lipinski definition) is 3. The van der Waals surface area contributed by atoms with Crippen LogP contribution in [0.3, 0.4) is 0 Å². The molecule has 3 heteroatoms. The van der Waals surface area contributed by atoms with Crippen LogP contribution in [0, 0.1) is 5.92 Å². The minimum absolute atomic E-state index is 0.122. The first kappa shape index (κ1) is 16.6. The molecular formula is C22H27NO2. The Bertz CT molecular complexity index is 730. The van der Waals surface area contributed by atoms with Crippen LogP contribution in [0.5, 0.6) is 5.75 Å². The molecule has 0 N–H and O–H groups in total. The van der Waals surface area contributed by atoms with Gasteiger partial charge in [-0.1, -0.05) is 42.5 Å². The highest BCUT2D eigenvalue weighted by molar-refractivity contribution is 5.47. The van der Waals surface area contributed by atoms with Crippen LogP contribution in [0.4, 0.5) is 0 Å². The number of methoxy groups -OCH3 is 2. The van der Waals surface area contributed by atoms with Crippen molar-refractivity contribution in [3.63, 3.8) is 0 Å². The molecule has 1 saturated heterocycles. The average Bonchev–Trinajstić information content (AvgIpc) is 2.97. The highest BCUT2D eigenvalue weighted by atomic mass is 16.5. The third-order valence-electron chi connectivity index (χ3n) is 6.16. The Morgan fingerprint density at radius 1 is 1.04 bits per heavy atom. The number of likely N-dealkylation sites (tertiary alicyclic amines) is 1. The number of fused-ring (bicyclic) bond motifs is 3. The van der Waals surface area contributed by atoms with E-state index in [0.717, 1.165) is 25.1 Å². The highest BCUT2D eigenvalue weighted by Crippen LogP contribution is 2.51. The second-order valence-corrected chi connectivity index (χ2v) is 7.39. The molecule has 0 spiro atoms. The van der Waals surface area contributed by atoms with E-state index in [9.17, 15) is 0 Å². The van der Waals surface area contributed by atoms with Gasteiger partial charge in [-0.2, -0.15) is 0 Å². The smallest absolute Gasteiger partial charge is 0.124 e. The molecule has 132 valence electrons. The Kier molecular flexibility index (Phi) is 4.53. The van der Waals surface area contributed by atoms with Gasteiger partial charge in [0.2, 0.25) is 0 Å². The fourth-order valence-corrected chi connectivity index (χ4v) is 4.98. The number of rotatable bonds is 4. The molecule has 4 atom stereocenters. The lowest BCUT2D eigenvalue weighted by Crippen LogP contribution is -2.34. The van der Waals surface area contributed by atoms with Crippen molar-refractivity contribution in [3.05, 3.63) is 65.2 Å². The summed E-state index contributed by atoms with van der Waals surface area (Å²) < 4.78 is 11.6. The van der Waals surface area contributed by atoms with Gasteiger partial charge in [0.05, 0.1) is 13.2 Å². The highest BCUT2D eigenvalue weighted by Gasteiger charge is 2.46. The van der Waals surface area contributed by atoms with E-state index in [1.54, 1.807) is 7.11 Å². The van der Waals surface area contributed by atoms with E-state index in [1.165, 1.54) is 16.7 Å². The molecule has 1 aliphatic carbocycles. The summed E-state index contributed by atoms with van der Waals surface area (Å²) in [5.41, 5.74) is 4.11. The fourth-order valence-electron chi connectivity index (χ4n) is 4.98. The first-order valence-corrected chi connectivity index (χ1v) is 9.16. The van der Waals surface area contributed by atoms with Crippen LogP contribution in [0.2, 0.25) is 0 Å². The normalized spacial score (nSPS) is 28.4. The van der Waals surface area contributed by atoms with Crippen LogP contribution in [0.25, 0.3) is 0 Å². The van der Waals surface area contributed by atoms with Gasteiger partial charge in [0.15, 0.2) is 0 Å². The molecule has 4 rings (SSSR count). The molecule has 4 unspecified atom stereocenters. The molecule has 0 amide bonds. The van der Waals surface area contributed by atoms with Gasteiger partial charge in [-0.3, -0.25) is 0 Å². The van der Waals surface area contributed by atoms with Gasteiger partial charge in [0.25, 0.3) is 0 Å². The molecule has 2 aliphatic rings. The second-order valence-electron chi connectivity index (χ2n) is 7.39. The maximum absolute atomic E-state index is 5.90. The summed E-state index contributed by atoms with van der Waals surface area (Å²) >= 11 is 0. The van der Waals surface area contributed by atoms with Gasteiger partial charge in [-0.05, 0) is 43.0 Å². The van der Waals surface area contributed by atoms with E-state index in [0.29, 0.717) is 17.9 Å². The van der Waals surface area contributed by atoms with E-state index in [2.05, 4.69) is 60.5 Å². The van der Waals surface area contributed by atoms with E-state index in [4.69, 9.17) is 9.47 Å². The van der Waals surface area contributed by atoms with Crippen molar-refractivity contribution in [3.8, 4) is 5.75 Å². The zero-order valence-corrected chi connectivity index (χ0v) is 15.3. The fraction of sp³-hybridized carbons (Fsp3) is 0.455. The molecular weight excluding hydrogens is 310 g/mol. The maximum Gasteiger partial charge on any atom is 0.124 e. The van der Waals surface area contributed by atoms with Crippen molar-refractivity contribution in [2.24, 2.45) is 5.92 Å². The van der Waals surface area contributed by atoms with Crippen LogP contribution in [0.1, 0.15) is 35.1 Å². The van der Waals surface area contributed by atoms with Gasteiger partial charge in [0.1, 0.15) is 5.75 Å². The Labute approximate surface area is 150 Å². The maximum atomic E-state index is 5.90. The first-order chi connectivity index (χ1) is 12.2. The standard InChI is InChI=1S/C22H27NO2/c1-23-14-18-16-10-7-11-20(24-2)22(16)21(25-3)13-17(18)19(23)12-15-8-5-4-6-9-15/h4-11,17-19,21H,12-14H2,1-3H3. The summed E-state index contributed by atoms with van der Waals surface area (Å²) in [7, 11) is 5.85. The Balaban J connectivity index is 1.69. The van der Waals surface area contributed by atoms with E-state index < -0.39 is 0 Å². The number of ether oxygens (including phenoxy) is 2. The minimum Gasteiger partial charge on any atom is -0.496 e. The summed E-state index contributed by atoms with van der Waals surface area (Å²) in [6.45, 7) is 1.11. The van der Waals surface area contributed by atoms with Crippen LogP contribution in [0.15, 0.2) is 48.5 Å². The molecule has 0 bridgehead atoms. The zero-order chi connectivity index (χ0) is 17.4. The molecule has 25 heavy (non-hydrogen) atoms. The molecule has 0 saturated carbocycles. The van der Waals surface area contributed by atoms with E-state index >= 15 is 0 Å². The molecule has 1 fully saturated rings. The van der Waals surface area contributed by atoms with Crippen molar-refractivity contribution in [2.45, 2.75) is 30.9 Å². The molecule has 0 aromatic heterocycles. The van der Waals surface area contributed by atoms with Crippen LogP contribution in [-0.4, -0.2) is 38.8 Å². The molecule has 2 aromatic rings. The predicted octanol–water partition coefficient (Wildman–Crippen LogP) is 4.04. The minimum atomic E-state index is 0.122. The Morgan fingerprint density at radius 3 is 2.56 bits per heavy atom. The number of benzene rings is 2. The van der Waals surface area contributed by atoms with Gasteiger partial charge in [-0.25, -0.2) is 0 Å². The summed E-state index contributed by atoms with van der Waals surface area (Å²) in [6, 6.07) is 17.9. The van der Waals surface area contributed by atoms with Crippen molar-refractivity contribution in [1.29, 1.82) is 0 Å². The molecule has 3 nitrogen and oxygen atoms in total. The Morgan fingerprint density at radius 2 is 1.84 bits per heavy atom. The van der Waals surface area contributed by atoms with Gasteiger partial charge in [0, 0.05) is 31.2 Å². The summed E-state index contributed by atoms with van der Waals surface area (Å²) in [5, 5.41) is 0. The van der Waals surface area contributed by atoms with Crippen LogP contribution < -0.4 is 4.74 Å². The molecule has 1 aliphatic heterocycles. The third kappa shape index (κ3) is 2.86. The van der Waals surface area contributed by atoms with Crippen molar-refractivity contribution >= 4 is 0 Å². The zero-order valence-electron chi connectivity index (χ0n) is 15.3. The van der Waals surface area contributed by atoms with Gasteiger partial charge in [-0.15, -0.1) is 0 Å². The lowest BCUT2D eigenvalue weighted by molar-refractivity contribution is 0.0604. The van der Waals surface area contributed by atoms with Crippen LogP contribution in [-0.2, 0) is 11.2 Å². The number of hydrogen-bond donors (Lipinski definition) is 0. The molecule has 2 aromatic carbocycles. The SMILES string of the molecule is COc1cccc2c1C(OC)CC1C2CN(C)C1Cc1ccccc1. The van der Waals surface area contributed by atoms with E-state index in [1.807, 2.05) is 7.11 Å². The summed E-state index contributed by atoms with van der Waals surface area (Å²) in [5.74, 6) is 2.15. The van der Waals surface area contributed by atoms with E-state index in [-0.39, 0.29) is 6.10 Å². The summed E-state index contributed by atoms with van der Waals surface area (Å²) in [6.07, 6.45) is 2.29. The average molecular weight is 337 g/mol. The summed E-state index contributed by atoms with van der Waals surface area (Å²) in [4.78, 5) is 2.55.